The van der Waals surface area contributed by atoms with E-state index in [0.29, 0.717) is 19.8 Å². The molecular weight excluding hydrogens is 438 g/mol. The maximum absolute atomic E-state index is 10.3. The van der Waals surface area contributed by atoms with E-state index in [1.165, 1.54) is 122 Å². The Kier molecular flexibility index (Phi) is 20.5. The van der Waals surface area contributed by atoms with Crippen molar-refractivity contribution in [3.8, 4) is 0 Å². The molecule has 0 aliphatic carbocycles. The summed E-state index contributed by atoms with van der Waals surface area (Å²) in [4.78, 5) is 0. The first-order chi connectivity index (χ1) is 17.0. The Bertz CT molecular complexity index is 452. The van der Waals surface area contributed by atoms with Gasteiger partial charge in [-0.15, -0.1) is 0 Å². The molecule has 0 aromatic heterocycles. The Labute approximate surface area is 218 Å². The van der Waals surface area contributed by atoms with E-state index in [-0.39, 0.29) is 6.61 Å². The monoisotopic (exact) mass is 500 g/mol. The van der Waals surface area contributed by atoms with Crippen LogP contribution in [0.4, 0.5) is 0 Å². The Morgan fingerprint density at radius 3 is 1.63 bits per heavy atom. The lowest BCUT2D eigenvalue weighted by Gasteiger charge is -2.29. The summed E-state index contributed by atoms with van der Waals surface area (Å²) in [6, 6.07) is 0. The molecule has 0 amide bonds. The second-order valence-corrected chi connectivity index (χ2v) is 11.5. The fraction of sp³-hybridized carbons (Fsp3) is 1.00. The number of likely N-dealkylation sites (N-methyl/N-ethyl adjacent to an activating group) is 1. The molecule has 1 unspecified atom stereocenters. The van der Waals surface area contributed by atoms with Crippen LogP contribution < -0.4 is 0 Å². The molecule has 1 N–H and O–H groups in total. The van der Waals surface area contributed by atoms with Crippen molar-refractivity contribution < 1.29 is 23.8 Å². The van der Waals surface area contributed by atoms with Crippen LogP contribution in [0.25, 0.3) is 0 Å². The number of nitrogens with zero attached hydrogens (tertiary/aromatic N) is 1. The van der Waals surface area contributed by atoms with E-state index < -0.39 is 5.79 Å². The summed E-state index contributed by atoms with van der Waals surface area (Å²) in [5.74, 6) is -1.23. The summed E-state index contributed by atoms with van der Waals surface area (Å²) in [7, 11) is 2.31. The van der Waals surface area contributed by atoms with Crippen LogP contribution in [-0.4, -0.2) is 75.1 Å². The van der Waals surface area contributed by atoms with Gasteiger partial charge in [0.1, 0.15) is 13.2 Å². The minimum atomic E-state index is -1.23. The Morgan fingerprint density at radius 1 is 0.629 bits per heavy atom. The van der Waals surface area contributed by atoms with Crippen LogP contribution in [0.3, 0.4) is 0 Å². The number of aliphatic hydroxyl groups is 1. The number of quaternary nitrogens is 1. The van der Waals surface area contributed by atoms with Crippen LogP contribution in [0.15, 0.2) is 0 Å². The summed E-state index contributed by atoms with van der Waals surface area (Å²) in [6.07, 6.45) is 24.6. The maximum atomic E-state index is 10.3. The van der Waals surface area contributed by atoms with Crippen molar-refractivity contribution in [1.29, 1.82) is 0 Å². The highest BCUT2D eigenvalue weighted by Crippen LogP contribution is 2.16. The molecule has 0 aromatic carbocycles. The molecule has 0 radical (unpaired) electrons. The van der Waals surface area contributed by atoms with Crippen LogP contribution in [0, 0.1) is 0 Å². The third-order valence-corrected chi connectivity index (χ3v) is 7.57. The first kappa shape index (κ1) is 32.8. The zero-order valence-electron chi connectivity index (χ0n) is 24.0. The van der Waals surface area contributed by atoms with Crippen LogP contribution >= 0.6 is 0 Å². The van der Waals surface area contributed by atoms with Gasteiger partial charge in [0, 0.05) is 19.4 Å². The Morgan fingerprint density at radius 2 is 1.11 bits per heavy atom. The van der Waals surface area contributed by atoms with E-state index in [9.17, 15) is 5.11 Å². The van der Waals surface area contributed by atoms with E-state index in [1.54, 1.807) is 6.92 Å². The predicted molar refractivity (Wildman–Crippen MR) is 148 cm³/mol. The predicted octanol–water partition coefficient (Wildman–Crippen LogP) is 7.25. The fourth-order valence-electron chi connectivity index (χ4n) is 5.09. The number of hydrogen-bond acceptors (Lipinski definition) is 4. The molecule has 0 saturated carbocycles. The van der Waals surface area contributed by atoms with Gasteiger partial charge in [-0.25, -0.2) is 0 Å². The SMILES string of the molecule is CCCCCCCCCCCCCCCCCCOCC(C)(O)OCCOCC[N+]1(C)CCCC1. The lowest BCUT2D eigenvalue weighted by Crippen LogP contribution is -2.43. The third-order valence-electron chi connectivity index (χ3n) is 7.57. The van der Waals surface area contributed by atoms with Gasteiger partial charge in [0.2, 0.25) is 0 Å². The van der Waals surface area contributed by atoms with Crippen molar-refractivity contribution in [1.82, 2.24) is 0 Å². The molecule has 1 rings (SSSR count). The molecule has 35 heavy (non-hydrogen) atoms. The lowest BCUT2D eigenvalue weighted by molar-refractivity contribution is -0.898. The molecule has 1 saturated heterocycles. The highest BCUT2D eigenvalue weighted by atomic mass is 16.7. The zero-order valence-corrected chi connectivity index (χ0v) is 24.0. The summed E-state index contributed by atoms with van der Waals surface area (Å²) >= 11 is 0. The quantitative estimate of drug-likeness (QED) is 0.0772. The number of rotatable bonds is 26. The molecule has 5 heteroatoms. The van der Waals surface area contributed by atoms with Gasteiger partial charge in [-0.05, 0) is 13.3 Å². The van der Waals surface area contributed by atoms with E-state index >= 15 is 0 Å². The Hall–Kier alpha value is -0.200. The third kappa shape index (κ3) is 20.5. The first-order valence-corrected chi connectivity index (χ1v) is 15.3. The van der Waals surface area contributed by atoms with Gasteiger partial charge in [0.15, 0.2) is 5.79 Å². The first-order valence-electron chi connectivity index (χ1n) is 15.3. The molecule has 0 aromatic rings. The molecule has 1 heterocycles. The van der Waals surface area contributed by atoms with E-state index in [0.717, 1.165) is 24.1 Å². The van der Waals surface area contributed by atoms with Gasteiger partial charge in [-0.3, -0.25) is 0 Å². The minimum Gasteiger partial charge on any atom is -0.376 e. The van der Waals surface area contributed by atoms with E-state index in [2.05, 4.69) is 14.0 Å². The van der Waals surface area contributed by atoms with Crippen LogP contribution in [-0.2, 0) is 14.2 Å². The topological polar surface area (TPSA) is 47.9 Å². The minimum absolute atomic E-state index is 0.223. The molecule has 0 spiro atoms. The van der Waals surface area contributed by atoms with Gasteiger partial charge >= 0.3 is 0 Å². The number of likely N-dealkylation sites (tertiary alicyclic amines) is 1. The zero-order chi connectivity index (χ0) is 25.5. The van der Waals surface area contributed by atoms with Crippen molar-refractivity contribution >= 4 is 0 Å². The average Bonchev–Trinajstić information content (AvgIpc) is 3.27. The number of ether oxygens (including phenoxy) is 3. The van der Waals surface area contributed by atoms with E-state index in [4.69, 9.17) is 14.2 Å². The molecule has 1 atom stereocenters. The van der Waals surface area contributed by atoms with Crippen molar-refractivity contribution in [2.45, 2.75) is 135 Å². The second kappa shape index (κ2) is 21.8. The molecule has 1 aliphatic heterocycles. The van der Waals surface area contributed by atoms with Gasteiger partial charge < -0.3 is 23.8 Å². The van der Waals surface area contributed by atoms with Gasteiger partial charge in [-0.2, -0.15) is 0 Å². The number of unbranched alkanes of at least 4 members (excludes halogenated alkanes) is 15. The highest BCUT2D eigenvalue weighted by Gasteiger charge is 2.26. The van der Waals surface area contributed by atoms with E-state index in [1.807, 2.05) is 0 Å². The van der Waals surface area contributed by atoms with Crippen LogP contribution in [0.5, 0.6) is 0 Å². The molecule has 0 bridgehead atoms. The summed E-state index contributed by atoms with van der Waals surface area (Å²) < 4.78 is 18.1. The summed E-state index contributed by atoms with van der Waals surface area (Å²) in [6.45, 7) is 10.2. The largest absolute Gasteiger partial charge is 0.376 e. The van der Waals surface area contributed by atoms with Crippen molar-refractivity contribution in [2.75, 3.05) is 59.7 Å². The smallest absolute Gasteiger partial charge is 0.186 e. The fourth-order valence-corrected chi connectivity index (χ4v) is 5.09. The van der Waals surface area contributed by atoms with Crippen molar-refractivity contribution in [3.05, 3.63) is 0 Å². The standard InChI is InChI=1S/C30H62NO4/c1-4-5-6-7-8-9-10-11-12-13-14-15-16-17-18-21-25-34-29-30(2,32)35-28-27-33-26-24-31(3)22-19-20-23-31/h32H,4-29H2,1-3H3/q+1. The average molecular weight is 501 g/mol. The molecule has 1 fully saturated rings. The molecular formula is C30H62NO4+. The van der Waals surface area contributed by atoms with Gasteiger partial charge in [0.25, 0.3) is 0 Å². The van der Waals surface area contributed by atoms with Gasteiger partial charge in [0.05, 0.1) is 40.0 Å². The number of hydrogen-bond donors (Lipinski definition) is 1. The van der Waals surface area contributed by atoms with Crippen molar-refractivity contribution in [3.63, 3.8) is 0 Å². The second-order valence-electron chi connectivity index (χ2n) is 11.5. The summed E-state index contributed by atoms with van der Waals surface area (Å²) in [5, 5.41) is 10.3. The molecule has 1 aliphatic rings. The molecule has 5 nitrogen and oxygen atoms in total. The highest BCUT2D eigenvalue weighted by molar-refractivity contribution is 4.58. The van der Waals surface area contributed by atoms with Crippen molar-refractivity contribution in [2.24, 2.45) is 0 Å². The van der Waals surface area contributed by atoms with Gasteiger partial charge in [-0.1, -0.05) is 103 Å². The van der Waals surface area contributed by atoms with Crippen LogP contribution in [0.2, 0.25) is 0 Å². The Balaban J connectivity index is 1.77. The lowest BCUT2D eigenvalue weighted by atomic mass is 10.0. The normalized spacial score (nSPS) is 17.1. The summed E-state index contributed by atoms with van der Waals surface area (Å²) in [5.41, 5.74) is 0. The van der Waals surface area contributed by atoms with Crippen LogP contribution in [0.1, 0.15) is 129 Å². The maximum Gasteiger partial charge on any atom is 0.186 e. The molecule has 210 valence electrons.